The number of ether oxygens (including phenoxy) is 1. The summed E-state index contributed by atoms with van der Waals surface area (Å²) in [6.45, 7) is 3.96. The summed E-state index contributed by atoms with van der Waals surface area (Å²) >= 11 is 6.23. The van der Waals surface area contributed by atoms with Gasteiger partial charge in [-0.2, -0.15) is 8.42 Å². The number of halogens is 1. The van der Waals surface area contributed by atoms with Gasteiger partial charge in [-0.05, 0) is 48.7 Å². The van der Waals surface area contributed by atoms with Crippen molar-refractivity contribution in [2.45, 2.75) is 31.3 Å². The van der Waals surface area contributed by atoms with Gasteiger partial charge in [-0.25, -0.2) is 0 Å². The Morgan fingerprint density at radius 2 is 1.83 bits per heavy atom. The van der Waals surface area contributed by atoms with E-state index in [-0.39, 0.29) is 4.90 Å². The van der Waals surface area contributed by atoms with Gasteiger partial charge in [0.05, 0.1) is 7.11 Å². The van der Waals surface area contributed by atoms with Crippen LogP contribution < -0.4 is 4.74 Å². The van der Waals surface area contributed by atoms with Crippen LogP contribution in [0.2, 0.25) is 5.02 Å². The van der Waals surface area contributed by atoms with Crippen LogP contribution in [-0.4, -0.2) is 15.5 Å². The third kappa shape index (κ3) is 3.66. The Kier molecular flexibility index (Phi) is 5.15. The van der Waals surface area contributed by atoms with Crippen molar-refractivity contribution in [3.8, 4) is 16.9 Å². The van der Waals surface area contributed by atoms with Crippen molar-refractivity contribution in [1.29, 1.82) is 0 Å². The van der Waals surface area contributed by atoms with Crippen molar-refractivity contribution < 1.29 is 17.3 Å². The maximum Gasteiger partial charge on any atom is 0.297 e. The fraction of sp³-hybridized carbons (Fsp3) is 0.217. The van der Waals surface area contributed by atoms with Crippen LogP contribution in [0, 0.1) is 13.8 Å². The molecule has 4 nitrogen and oxygen atoms in total. The molecule has 0 radical (unpaired) electrons. The van der Waals surface area contributed by atoms with Gasteiger partial charge >= 0.3 is 0 Å². The van der Waals surface area contributed by atoms with E-state index in [1.807, 2.05) is 56.3 Å². The Morgan fingerprint density at radius 3 is 2.59 bits per heavy atom. The van der Waals surface area contributed by atoms with Gasteiger partial charge in [0.15, 0.2) is 0 Å². The van der Waals surface area contributed by atoms with Gasteiger partial charge in [-0.3, -0.25) is 4.18 Å². The molecule has 150 valence electrons. The molecule has 4 rings (SSSR count). The molecule has 1 aliphatic heterocycles. The lowest BCUT2D eigenvalue weighted by Gasteiger charge is -2.17. The molecule has 0 aliphatic carbocycles. The van der Waals surface area contributed by atoms with Crippen molar-refractivity contribution in [2.75, 3.05) is 7.11 Å². The van der Waals surface area contributed by atoms with Gasteiger partial charge in [-0.1, -0.05) is 53.6 Å². The van der Waals surface area contributed by atoms with Crippen molar-refractivity contribution in [3.05, 3.63) is 81.9 Å². The fourth-order valence-corrected chi connectivity index (χ4v) is 4.84. The zero-order valence-corrected chi connectivity index (χ0v) is 18.0. The van der Waals surface area contributed by atoms with Crippen LogP contribution in [0.3, 0.4) is 0 Å². The first-order chi connectivity index (χ1) is 13.8. The normalized spacial score (nSPS) is 15.8. The average molecular weight is 429 g/mol. The quantitative estimate of drug-likeness (QED) is 0.505. The maximum atomic E-state index is 12.4. The zero-order valence-electron chi connectivity index (χ0n) is 16.4. The lowest BCUT2D eigenvalue weighted by molar-refractivity contribution is 0.235. The molecule has 1 unspecified atom stereocenters. The summed E-state index contributed by atoms with van der Waals surface area (Å²) < 4.78 is 36.0. The third-order valence-electron chi connectivity index (χ3n) is 5.25. The smallest absolute Gasteiger partial charge is 0.297 e. The van der Waals surface area contributed by atoms with Gasteiger partial charge in [-0.15, -0.1) is 0 Å². The number of hydrogen-bond acceptors (Lipinski definition) is 4. The highest BCUT2D eigenvalue weighted by Gasteiger charge is 2.32. The minimum atomic E-state index is -3.84. The second-order valence-corrected chi connectivity index (χ2v) is 9.34. The molecule has 0 aromatic heterocycles. The van der Waals surface area contributed by atoms with Gasteiger partial charge in [0, 0.05) is 22.6 Å². The van der Waals surface area contributed by atoms with Crippen LogP contribution in [0.15, 0.2) is 59.5 Å². The molecule has 29 heavy (non-hydrogen) atoms. The molecule has 3 aromatic carbocycles. The SMILES string of the molecule is COS(=O)(=O)c1ccc(C)cc1C1Cc2cccc(-c3cc(Cl)ccc3C)c2O1. The molecular weight excluding hydrogens is 408 g/mol. The first kappa shape index (κ1) is 20.0. The Morgan fingerprint density at radius 1 is 1.03 bits per heavy atom. The fourth-order valence-electron chi connectivity index (χ4n) is 3.78. The average Bonchev–Trinajstić information content (AvgIpc) is 3.14. The monoisotopic (exact) mass is 428 g/mol. The van der Waals surface area contributed by atoms with Crippen LogP contribution in [0.1, 0.15) is 28.4 Å². The highest BCUT2D eigenvalue weighted by Crippen LogP contribution is 2.45. The lowest BCUT2D eigenvalue weighted by atomic mass is 9.96. The predicted molar refractivity (Wildman–Crippen MR) is 114 cm³/mol. The minimum Gasteiger partial charge on any atom is -0.484 e. The van der Waals surface area contributed by atoms with Gasteiger partial charge in [0.2, 0.25) is 0 Å². The second kappa shape index (κ2) is 7.48. The van der Waals surface area contributed by atoms with E-state index in [0.717, 1.165) is 33.6 Å². The summed E-state index contributed by atoms with van der Waals surface area (Å²) in [5.41, 5.74) is 5.65. The lowest BCUT2D eigenvalue weighted by Crippen LogP contribution is -2.12. The zero-order chi connectivity index (χ0) is 20.8. The standard InChI is InChI=1S/C23H21ClO4S/c1-14-7-10-22(29(25,26)27-3)20(11-14)21-12-16-5-4-6-18(23(16)28-21)19-13-17(24)9-8-15(19)2/h4-11,13,21H,12H2,1-3H3. The van der Waals surface area contributed by atoms with E-state index in [2.05, 4.69) is 0 Å². The molecule has 6 heteroatoms. The molecule has 0 saturated heterocycles. The van der Waals surface area contributed by atoms with Crippen LogP contribution in [-0.2, 0) is 20.7 Å². The molecule has 0 saturated carbocycles. The molecule has 1 aliphatic rings. The first-order valence-electron chi connectivity index (χ1n) is 9.26. The van der Waals surface area contributed by atoms with E-state index in [1.54, 1.807) is 12.1 Å². The molecule has 3 aromatic rings. The summed E-state index contributed by atoms with van der Waals surface area (Å²) in [5.74, 6) is 0.769. The number of aryl methyl sites for hydroxylation is 2. The molecular formula is C23H21ClO4S. The summed E-state index contributed by atoms with van der Waals surface area (Å²) in [5, 5.41) is 0.657. The largest absolute Gasteiger partial charge is 0.484 e. The number of para-hydroxylation sites is 1. The van der Waals surface area contributed by atoms with E-state index in [0.29, 0.717) is 17.0 Å². The van der Waals surface area contributed by atoms with Crippen molar-refractivity contribution in [1.82, 2.24) is 0 Å². The van der Waals surface area contributed by atoms with Crippen molar-refractivity contribution in [3.63, 3.8) is 0 Å². The van der Waals surface area contributed by atoms with Crippen molar-refractivity contribution in [2.24, 2.45) is 0 Å². The topological polar surface area (TPSA) is 52.6 Å². The Labute approximate surface area is 176 Å². The van der Waals surface area contributed by atoms with Crippen molar-refractivity contribution >= 4 is 21.7 Å². The van der Waals surface area contributed by atoms with Crippen LogP contribution >= 0.6 is 11.6 Å². The molecule has 0 amide bonds. The Hall–Kier alpha value is -2.34. The van der Waals surface area contributed by atoms with E-state index in [1.165, 1.54) is 7.11 Å². The molecule has 0 bridgehead atoms. The number of fused-ring (bicyclic) bond motifs is 1. The third-order valence-corrected chi connectivity index (χ3v) is 6.84. The molecule has 0 spiro atoms. The Bertz CT molecular complexity index is 1200. The summed E-state index contributed by atoms with van der Waals surface area (Å²) in [4.78, 5) is 0.142. The van der Waals surface area contributed by atoms with Gasteiger partial charge in [0.25, 0.3) is 10.1 Å². The predicted octanol–water partition coefficient (Wildman–Crippen LogP) is 5.64. The van der Waals surface area contributed by atoms with Crippen LogP contribution in [0.4, 0.5) is 0 Å². The van der Waals surface area contributed by atoms with E-state index >= 15 is 0 Å². The van der Waals surface area contributed by atoms with Gasteiger partial charge < -0.3 is 4.74 Å². The van der Waals surface area contributed by atoms with Crippen LogP contribution in [0.25, 0.3) is 11.1 Å². The van der Waals surface area contributed by atoms with Crippen LogP contribution in [0.5, 0.6) is 5.75 Å². The first-order valence-corrected chi connectivity index (χ1v) is 11.0. The summed E-state index contributed by atoms with van der Waals surface area (Å²) in [7, 11) is -2.67. The second-order valence-electron chi connectivity index (χ2n) is 7.23. The minimum absolute atomic E-state index is 0.142. The summed E-state index contributed by atoms with van der Waals surface area (Å²) in [6, 6.07) is 17.0. The van der Waals surface area contributed by atoms with E-state index in [9.17, 15) is 8.42 Å². The molecule has 1 heterocycles. The molecule has 0 fully saturated rings. The van der Waals surface area contributed by atoms with Gasteiger partial charge in [0.1, 0.15) is 16.7 Å². The maximum absolute atomic E-state index is 12.4. The highest BCUT2D eigenvalue weighted by atomic mass is 35.5. The molecule has 0 N–H and O–H groups in total. The number of benzene rings is 3. The number of rotatable bonds is 4. The van der Waals surface area contributed by atoms with E-state index in [4.69, 9.17) is 20.5 Å². The van der Waals surface area contributed by atoms with E-state index < -0.39 is 16.2 Å². The summed E-state index contributed by atoms with van der Waals surface area (Å²) in [6.07, 6.45) is 0.170. The molecule has 1 atom stereocenters. The highest BCUT2D eigenvalue weighted by molar-refractivity contribution is 7.86. The number of hydrogen-bond donors (Lipinski definition) is 0. The Balaban J connectivity index is 1.81.